The van der Waals surface area contributed by atoms with E-state index in [1.807, 2.05) is 12.2 Å². The molecule has 24 heavy (non-hydrogen) atoms. The van der Waals surface area contributed by atoms with Crippen molar-refractivity contribution in [3.05, 3.63) is 40.9 Å². The molecule has 3 aliphatic carbocycles. The average molecular weight is 333 g/mol. The fourth-order valence-electron chi connectivity index (χ4n) is 3.88. The van der Waals surface area contributed by atoms with Gasteiger partial charge in [0, 0.05) is 18.9 Å². The highest BCUT2D eigenvalue weighted by atomic mass is 19.3. The largest absolute Gasteiger partial charge is 0.322 e. The lowest BCUT2D eigenvalue weighted by atomic mass is 9.95. The summed E-state index contributed by atoms with van der Waals surface area (Å²) in [6.45, 7) is 0. The molecule has 0 unspecified atom stereocenters. The van der Waals surface area contributed by atoms with Crippen LogP contribution in [0.2, 0.25) is 0 Å². The van der Waals surface area contributed by atoms with Gasteiger partial charge < -0.3 is 5.32 Å². The minimum absolute atomic E-state index is 0.0483. The van der Waals surface area contributed by atoms with E-state index in [1.54, 1.807) is 0 Å². The van der Waals surface area contributed by atoms with Crippen molar-refractivity contribution in [2.24, 2.45) is 24.8 Å². The Morgan fingerprint density at radius 2 is 2.21 bits per heavy atom. The van der Waals surface area contributed by atoms with E-state index in [-0.39, 0.29) is 5.56 Å². The van der Waals surface area contributed by atoms with E-state index in [1.165, 1.54) is 42.8 Å². The molecule has 4 nitrogen and oxygen atoms in total. The minimum Gasteiger partial charge on any atom is -0.322 e. The molecule has 1 aromatic heterocycles. The third-order valence-electron chi connectivity index (χ3n) is 5.28. The van der Waals surface area contributed by atoms with Crippen molar-refractivity contribution in [2.45, 2.75) is 38.5 Å². The second-order valence-corrected chi connectivity index (χ2v) is 7.08. The second-order valence-electron chi connectivity index (χ2n) is 7.08. The van der Waals surface area contributed by atoms with Crippen LogP contribution in [0.25, 0.3) is 0 Å². The Morgan fingerprint density at radius 1 is 1.42 bits per heavy atom. The number of carbonyl (C=O) groups excluding carboxylic acids is 1. The molecule has 1 heterocycles. The van der Waals surface area contributed by atoms with Gasteiger partial charge in [-0.3, -0.25) is 9.48 Å². The molecule has 0 aromatic carbocycles. The van der Waals surface area contributed by atoms with Gasteiger partial charge in [0.05, 0.1) is 5.56 Å². The van der Waals surface area contributed by atoms with Gasteiger partial charge in [-0.15, -0.1) is 0 Å². The predicted molar refractivity (Wildman–Crippen MR) is 85.4 cm³/mol. The molecule has 2 fully saturated rings. The van der Waals surface area contributed by atoms with Crippen molar-refractivity contribution in [3.8, 4) is 0 Å². The molecule has 1 aromatic rings. The van der Waals surface area contributed by atoms with Gasteiger partial charge in [-0.1, -0.05) is 6.08 Å². The van der Waals surface area contributed by atoms with Crippen LogP contribution in [-0.4, -0.2) is 15.7 Å². The molecule has 0 saturated heterocycles. The Morgan fingerprint density at radius 3 is 2.92 bits per heavy atom. The number of aromatic nitrogens is 2. The highest BCUT2D eigenvalue weighted by molar-refractivity contribution is 5.96. The summed E-state index contributed by atoms with van der Waals surface area (Å²) in [5, 5.41) is 6.57. The fraction of sp³-hybridized carbons (Fsp3) is 0.556. The van der Waals surface area contributed by atoms with Crippen molar-refractivity contribution in [2.75, 3.05) is 0 Å². The Hall–Kier alpha value is -1.98. The third kappa shape index (κ3) is 2.89. The van der Waals surface area contributed by atoms with E-state index in [0.717, 1.165) is 30.4 Å². The molecule has 0 spiro atoms. The van der Waals surface area contributed by atoms with Gasteiger partial charge in [-0.25, -0.2) is 8.78 Å². The lowest BCUT2D eigenvalue weighted by Crippen LogP contribution is -2.25. The lowest BCUT2D eigenvalue weighted by molar-refractivity contribution is 0.0951. The van der Waals surface area contributed by atoms with Gasteiger partial charge in [-0.2, -0.15) is 5.10 Å². The minimum atomic E-state index is -2.76. The molecule has 1 N–H and O–H groups in total. The number of alkyl halides is 2. The molecule has 0 bridgehead atoms. The van der Waals surface area contributed by atoms with Gasteiger partial charge in [0.1, 0.15) is 5.69 Å². The zero-order valence-corrected chi connectivity index (χ0v) is 13.6. The molecule has 4 rings (SSSR count). The summed E-state index contributed by atoms with van der Waals surface area (Å²) in [7, 11) is 1.54. The molecule has 0 aliphatic heterocycles. The van der Waals surface area contributed by atoms with Crippen LogP contribution in [0, 0.1) is 17.8 Å². The number of nitrogens with one attached hydrogen (secondary N) is 1. The summed E-state index contributed by atoms with van der Waals surface area (Å²) < 4.78 is 27.4. The zero-order chi connectivity index (χ0) is 16.8. The SMILES string of the molecule is Cn1cc(C(=O)NC2=C([C@H]3C[C@@H]3C3CC3)CCC=C2)c(C(F)F)n1. The number of hydrogen-bond acceptors (Lipinski definition) is 2. The Balaban J connectivity index is 1.55. The van der Waals surface area contributed by atoms with Crippen LogP contribution in [0.1, 0.15) is 54.6 Å². The maximum Gasteiger partial charge on any atom is 0.282 e. The molecule has 3 aliphatic rings. The Kier molecular flexibility index (Phi) is 3.77. The number of amides is 1. The van der Waals surface area contributed by atoms with Crippen molar-refractivity contribution in [3.63, 3.8) is 0 Å². The highest BCUT2D eigenvalue weighted by Crippen LogP contribution is 2.58. The molecule has 1 amide bonds. The lowest BCUT2D eigenvalue weighted by Gasteiger charge is -2.17. The van der Waals surface area contributed by atoms with Crippen LogP contribution in [0.4, 0.5) is 8.78 Å². The number of nitrogens with zero attached hydrogens (tertiary/aromatic N) is 2. The van der Waals surface area contributed by atoms with Gasteiger partial charge in [0.25, 0.3) is 12.3 Å². The van der Waals surface area contributed by atoms with Crippen LogP contribution < -0.4 is 5.32 Å². The molecule has 128 valence electrons. The first-order chi connectivity index (χ1) is 11.5. The number of carbonyl (C=O) groups is 1. The van der Waals surface area contributed by atoms with Crippen molar-refractivity contribution in [1.29, 1.82) is 0 Å². The summed E-state index contributed by atoms with van der Waals surface area (Å²) >= 11 is 0. The summed E-state index contributed by atoms with van der Waals surface area (Å²) in [5.41, 5.74) is 1.60. The smallest absolute Gasteiger partial charge is 0.282 e. The number of aryl methyl sites for hydroxylation is 1. The van der Waals surface area contributed by atoms with Crippen LogP contribution >= 0.6 is 0 Å². The topological polar surface area (TPSA) is 46.9 Å². The number of allylic oxidation sites excluding steroid dienone is 3. The Bertz CT molecular complexity index is 731. The second kappa shape index (κ2) is 5.83. The maximum atomic E-state index is 13.1. The summed E-state index contributed by atoms with van der Waals surface area (Å²) in [4.78, 5) is 12.5. The van der Waals surface area contributed by atoms with E-state index >= 15 is 0 Å². The monoisotopic (exact) mass is 333 g/mol. The molecule has 2 atom stereocenters. The molecule has 0 radical (unpaired) electrons. The maximum absolute atomic E-state index is 13.1. The van der Waals surface area contributed by atoms with Crippen LogP contribution in [0.5, 0.6) is 0 Å². The van der Waals surface area contributed by atoms with Crippen LogP contribution in [0.15, 0.2) is 29.6 Å². The third-order valence-corrected chi connectivity index (χ3v) is 5.28. The number of rotatable bonds is 5. The number of hydrogen-bond donors (Lipinski definition) is 1. The van der Waals surface area contributed by atoms with Gasteiger partial charge in [-0.05, 0) is 61.5 Å². The quantitative estimate of drug-likeness (QED) is 0.892. The van der Waals surface area contributed by atoms with Gasteiger partial charge >= 0.3 is 0 Å². The zero-order valence-electron chi connectivity index (χ0n) is 13.6. The fourth-order valence-corrected chi connectivity index (χ4v) is 3.88. The molecule has 6 heteroatoms. The Labute approximate surface area is 139 Å². The van der Waals surface area contributed by atoms with E-state index < -0.39 is 18.0 Å². The van der Waals surface area contributed by atoms with Crippen molar-refractivity contribution in [1.82, 2.24) is 15.1 Å². The van der Waals surface area contributed by atoms with Crippen molar-refractivity contribution >= 4 is 5.91 Å². The molecular formula is C18H21F2N3O. The molecule has 2 saturated carbocycles. The first kappa shape index (κ1) is 15.5. The summed E-state index contributed by atoms with van der Waals surface area (Å²) in [6.07, 6.45) is 8.37. The van der Waals surface area contributed by atoms with E-state index in [9.17, 15) is 13.6 Å². The van der Waals surface area contributed by atoms with Crippen molar-refractivity contribution < 1.29 is 13.6 Å². The van der Waals surface area contributed by atoms with E-state index in [4.69, 9.17) is 0 Å². The summed E-state index contributed by atoms with van der Waals surface area (Å²) in [5.74, 6) is 1.71. The standard InChI is InChI=1S/C18H21F2N3O/c1-23-9-14(16(22-23)17(19)20)18(24)21-15-5-3-2-4-11(15)13-8-12(13)10-6-7-10/h3,5,9-10,12-13,17H,2,4,6-8H2,1H3,(H,21,24)/t12-,13-/m1/s1. The van der Waals surface area contributed by atoms with Gasteiger partial charge in [0.15, 0.2) is 0 Å². The molecular weight excluding hydrogens is 312 g/mol. The van der Waals surface area contributed by atoms with Gasteiger partial charge in [0.2, 0.25) is 0 Å². The first-order valence-corrected chi connectivity index (χ1v) is 8.57. The summed E-state index contributed by atoms with van der Waals surface area (Å²) in [6, 6.07) is 0. The first-order valence-electron chi connectivity index (χ1n) is 8.57. The average Bonchev–Trinajstić information content (AvgIpc) is 3.44. The highest BCUT2D eigenvalue weighted by Gasteiger charge is 2.49. The van der Waals surface area contributed by atoms with Crippen LogP contribution in [0.3, 0.4) is 0 Å². The van der Waals surface area contributed by atoms with Crippen LogP contribution in [-0.2, 0) is 7.05 Å². The number of halogens is 2. The van der Waals surface area contributed by atoms with E-state index in [0.29, 0.717) is 5.92 Å². The predicted octanol–water partition coefficient (Wildman–Crippen LogP) is 3.74. The van der Waals surface area contributed by atoms with E-state index in [2.05, 4.69) is 10.4 Å². The normalized spacial score (nSPS) is 26.2.